The minimum Gasteiger partial charge on any atom is -0.497 e. The van der Waals surface area contributed by atoms with Gasteiger partial charge in [-0.15, -0.1) is 0 Å². The van der Waals surface area contributed by atoms with Crippen LogP contribution in [0, 0.1) is 0 Å². The van der Waals surface area contributed by atoms with Crippen molar-refractivity contribution in [3.05, 3.63) is 59.7 Å². The van der Waals surface area contributed by atoms with Gasteiger partial charge in [0, 0.05) is 25.4 Å². The van der Waals surface area contributed by atoms with E-state index < -0.39 is 0 Å². The van der Waals surface area contributed by atoms with Gasteiger partial charge >= 0.3 is 0 Å². The molecule has 4 nitrogen and oxygen atoms in total. The van der Waals surface area contributed by atoms with Crippen molar-refractivity contribution in [3.63, 3.8) is 0 Å². The Hall–Kier alpha value is -2.11. The normalized spacial score (nSPS) is 16.2. The Morgan fingerprint density at radius 1 is 1.18 bits per heavy atom. The second-order valence-electron chi connectivity index (χ2n) is 7.57. The van der Waals surface area contributed by atoms with Gasteiger partial charge in [-0.05, 0) is 66.4 Å². The number of rotatable bonds is 7. The van der Waals surface area contributed by atoms with E-state index in [1.54, 1.807) is 7.11 Å². The van der Waals surface area contributed by atoms with Crippen LogP contribution in [-0.2, 0) is 11.3 Å². The third kappa shape index (κ3) is 5.69. The number of methoxy groups -OCH3 is 1. The molecule has 0 bridgehead atoms. The van der Waals surface area contributed by atoms with Crippen molar-refractivity contribution in [2.75, 3.05) is 25.6 Å². The van der Waals surface area contributed by atoms with Crippen molar-refractivity contribution in [1.82, 2.24) is 4.90 Å². The maximum Gasteiger partial charge on any atom is 0.173 e. The third-order valence-electron chi connectivity index (χ3n) is 5.10. The molecule has 1 heterocycles. The molecule has 150 valence electrons. The topological polar surface area (TPSA) is 33.7 Å². The average molecular weight is 399 g/mol. The number of ether oxygens (including phenoxy) is 2. The number of nitrogens with zero attached hydrogens (tertiary/aromatic N) is 1. The molecule has 2 aromatic carbocycles. The van der Waals surface area contributed by atoms with Crippen LogP contribution in [-0.4, -0.2) is 36.4 Å². The molecule has 1 fully saturated rings. The Balaban J connectivity index is 1.70. The monoisotopic (exact) mass is 398 g/mol. The largest absolute Gasteiger partial charge is 0.497 e. The van der Waals surface area contributed by atoms with E-state index in [1.807, 2.05) is 24.3 Å². The molecule has 0 radical (unpaired) electrons. The molecule has 3 rings (SSSR count). The van der Waals surface area contributed by atoms with Gasteiger partial charge in [0.25, 0.3) is 0 Å². The first-order valence-electron chi connectivity index (χ1n) is 9.95. The maximum absolute atomic E-state index is 5.86. The minimum atomic E-state index is 0.241. The molecule has 2 aromatic rings. The van der Waals surface area contributed by atoms with Gasteiger partial charge < -0.3 is 19.7 Å². The lowest BCUT2D eigenvalue weighted by Gasteiger charge is -2.28. The number of nitrogens with one attached hydrogen (secondary N) is 1. The van der Waals surface area contributed by atoms with Crippen LogP contribution in [0.2, 0.25) is 0 Å². The second kappa shape index (κ2) is 9.89. The molecule has 1 atom stereocenters. The van der Waals surface area contributed by atoms with Crippen LogP contribution in [0.5, 0.6) is 5.75 Å². The zero-order valence-corrected chi connectivity index (χ0v) is 17.8. The lowest BCUT2D eigenvalue weighted by atomic mass is 10.0. The zero-order valence-electron chi connectivity index (χ0n) is 17.0. The molecule has 0 saturated carbocycles. The highest BCUT2D eigenvalue weighted by Gasteiger charge is 2.21. The van der Waals surface area contributed by atoms with Crippen molar-refractivity contribution < 1.29 is 9.47 Å². The number of hydrogen-bond donors (Lipinski definition) is 1. The van der Waals surface area contributed by atoms with Crippen LogP contribution < -0.4 is 10.1 Å². The van der Waals surface area contributed by atoms with Crippen LogP contribution in [0.4, 0.5) is 5.69 Å². The summed E-state index contributed by atoms with van der Waals surface area (Å²) in [7, 11) is 1.67. The van der Waals surface area contributed by atoms with E-state index in [0.29, 0.717) is 11.0 Å². The summed E-state index contributed by atoms with van der Waals surface area (Å²) in [4.78, 5) is 2.21. The summed E-state index contributed by atoms with van der Waals surface area (Å²) in [5, 5.41) is 4.08. The van der Waals surface area contributed by atoms with Gasteiger partial charge in [0.2, 0.25) is 0 Å². The van der Waals surface area contributed by atoms with Crippen LogP contribution in [0.3, 0.4) is 0 Å². The van der Waals surface area contributed by atoms with Crippen molar-refractivity contribution in [3.8, 4) is 5.75 Å². The number of anilines is 1. The summed E-state index contributed by atoms with van der Waals surface area (Å²) < 4.78 is 11.1. The summed E-state index contributed by atoms with van der Waals surface area (Å²) >= 11 is 5.75. The maximum atomic E-state index is 5.86. The molecule has 28 heavy (non-hydrogen) atoms. The van der Waals surface area contributed by atoms with Crippen LogP contribution >= 0.6 is 12.2 Å². The lowest BCUT2D eigenvalue weighted by Crippen LogP contribution is -2.39. The Morgan fingerprint density at radius 2 is 1.89 bits per heavy atom. The van der Waals surface area contributed by atoms with Crippen molar-refractivity contribution in [2.24, 2.45) is 0 Å². The van der Waals surface area contributed by atoms with Gasteiger partial charge in [-0.2, -0.15) is 0 Å². The van der Waals surface area contributed by atoms with Crippen LogP contribution in [0.1, 0.15) is 43.7 Å². The van der Waals surface area contributed by atoms with Gasteiger partial charge in [-0.25, -0.2) is 0 Å². The Kier molecular flexibility index (Phi) is 7.29. The molecular formula is C23H30N2O2S. The van der Waals surface area contributed by atoms with Crippen molar-refractivity contribution >= 4 is 23.0 Å². The van der Waals surface area contributed by atoms with Crippen molar-refractivity contribution in [2.45, 2.75) is 45.3 Å². The molecule has 1 saturated heterocycles. The molecule has 1 unspecified atom stereocenters. The van der Waals surface area contributed by atoms with Crippen LogP contribution in [0.25, 0.3) is 0 Å². The number of benzene rings is 2. The van der Waals surface area contributed by atoms with E-state index in [1.165, 1.54) is 11.1 Å². The Morgan fingerprint density at radius 3 is 2.46 bits per heavy atom. The highest BCUT2D eigenvalue weighted by atomic mass is 32.1. The molecule has 1 aliphatic heterocycles. The van der Waals surface area contributed by atoms with Gasteiger partial charge in [-0.3, -0.25) is 0 Å². The molecule has 1 aliphatic rings. The van der Waals surface area contributed by atoms with Crippen molar-refractivity contribution in [1.29, 1.82) is 0 Å². The molecule has 0 aliphatic carbocycles. The first-order chi connectivity index (χ1) is 13.5. The average Bonchev–Trinajstić information content (AvgIpc) is 3.21. The fourth-order valence-electron chi connectivity index (χ4n) is 3.36. The lowest BCUT2D eigenvalue weighted by molar-refractivity contribution is 0.0905. The minimum absolute atomic E-state index is 0.241. The Bertz CT molecular complexity index is 753. The van der Waals surface area contributed by atoms with Gasteiger partial charge in [0.15, 0.2) is 5.11 Å². The fraction of sp³-hybridized carbons (Fsp3) is 0.435. The molecule has 1 N–H and O–H groups in total. The smallest absolute Gasteiger partial charge is 0.173 e. The number of hydrogen-bond acceptors (Lipinski definition) is 3. The van der Waals surface area contributed by atoms with E-state index in [9.17, 15) is 0 Å². The third-order valence-corrected chi connectivity index (χ3v) is 5.46. The predicted octanol–water partition coefficient (Wildman–Crippen LogP) is 5.20. The molecular weight excluding hydrogens is 368 g/mol. The van der Waals surface area contributed by atoms with E-state index >= 15 is 0 Å². The number of thiocarbonyl (C=S) groups is 1. The summed E-state index contributed by atoms with van der Waals surface area (Å²) in [6.45, 7) is 6.84. The van der Waals surface area contributed by atoms with Gasteiger partial charge in [0.05, 0.1) is 13.2 Å². The second-order valence-corrected chi connectivity index (χ2v) is 7.96. The molecule has 0 amide bonds. The standard InChI is InChI=1S/C23H30N2O2S/c1-17(2)19-8-6-18(7-9-19)15-25(16-22-5-4-14-27-22)23(28)24-20-10-12-21(26-3)13-11-20/h6-13,17,22H,4-5,14-16H2,1-3H3,(H,24,28). The first kappa shape index (κ1) is 20.6. The SMILES string of the molecule is COc1ccc(NC(=S)N(Cc2ccc(C(C)C)cc2)CC2CCCO2)cc1. The summed E-state index contributed by atoms with van der Waals surface area (Å²) in [5.74, 6) is 1.37. The Labute approximate surface area is 173 Å². The van der Waals surface area contributed by atoms with E-state index in [0.717, 1.165) is 44.0 Å². The van der Waals surface area contributed by atoms with E-state index in [2.05, 4.69) is 48.3 Å². The fourth-order valence-corrected chi connectivity index (χ4v) is 3.62. The van der Waals surface area contributed by atoms with E-state index in [-0.39, 0.29) is 6.10 Å². The summed E-state index contributed by atoms with van der Waals surface area (Å²) in [6, 6.07) is 16.6. The molecule has 0 spiro atoms. The van der Waals surface area contributed by atoms with Gasteiger partial charge in [-0.1, -0.05) is 38.1 Å². The molecule has 5 heteroatoms. The summed E-state index contributed by atoms with van der Waals surface area (Å²) in [6.07, 6.45) is 2.46. The highest BCUT2D eigenvalue weighted by molar-refractivity contribution is 7.80. The quantitative estimate of drug-likeness (QED) is 0.649. The first-order valence-corrected chi connectivity index (χ1v) is 10.4. The van der Waals surface area contributed by atoms with Crippen LogP contribution in [0.15, 0.2) is 48.5 Å². The molecule has 0 aromatic heterocycles. The highest BCUT2D eigenvalue weighted by Crippen LogP contribution is 2.20. The summed E-state index contributed by atoms with van der Waals surface area (Å²) in [5.41, 5.74) is 3.56. The van der Waals surface area contributed by atoms with Gasteiger partial charge in [0.1, 0.15) is 5.75 Å². The van der Waals surface area contributed by atoms with E-state index in [4.69, 9.17) is 21.7 Å². The zero-order chi connectivity index (χ0) is 19.9. The predicted molar refractivity (Wildman–Crippen MR) is 119 cm³/mol.